The Hall–Kier alpha value is -2.55. The quantitative estimate of drug-likeness (QED) is 0.656. The first-order valence-electron chi connectivity index (χ1n) is 9.85. The SMILES string of the molecule is Cc1ccc(CN[C@@H]2CN(S(=O)(=O)c3cn(C)cn3)C[C@H]2c2ccc(F)cc2)cc1. The highest BCUT2D eigenvalue weighted by atomic mass is 32.2. The number of rotatable bonds is 6. The lowest BCUT2D eigenvalue weighted by Crippen LogP contribution is -2.36. The molecule has 1 aliphatic rings. The van der Waals surface area contributed by atoms with Gasteiger partial charge in [-0.05, 0) is 30.2 Å². The van der Waals surface area contributed by atoms with Gasteiger partial charge < -0.3 is 9.88 Å². The molecule has 1 N–H and O–H groups in total. The predicted octanol–water partition coefficient (Wildman–Crippen LogP) is 2.81. The van der Waals surface area contributed by atoms with Crippen LogP contribution in [0.15, 0.2) is 66.1 Å². The largest absolute Gasteiger partial charge is 0.339 e. The number of nitrogens with one attached hydrogen (secondary N) is 1. The number of benzene rings is 2. The molecule has 0 saturated carbocycles. The molecule has 2 atom stereocenters. The third-order valence-corrected chi connectivity index (χ3v) is 7.28. The summed E-state index contributed by atoms with van der Waals surface area (Å²) in [5, 5.41) is 3.56. The summed E-state index contributed by atoms with van der Waals surface area (Å²) in [6.45, 7) is 3.31. The molecule has 0 aliphatic carbocycles. The van der Waals surface area contributed by atoms with Crippen molar-refractivity contribution in [1.82, 2.24) is 19.2 Å². The Labute approximate surface area is 176 Å². The molecule has 1 fully saturated rings. The maximum absolute atomic E-state index is 13.4. The number of sulfonamides is 1. The van der Waals surface area contributed by atoms with Gasteiger partial charge in [0.1, 0.15) is 5.82 Å². The number of halogens is 1. The smallest absolute Gasteiger partial charge is 0.262 e. The van der Waals surface area contributed by atoms with Crippen LogP contribution in [0.2, 0.25) is 0 Å². The Morgan fingerprint density at radius 1 is 1.10 bits per heavy atom. The molecule has 0 unspecified atom stereocenters. The number of nitrogens with zero attached hydrogens (tertiary/aromatic N) is 3. The van der Waals surface area contributed by atoms with Crippen molar-refractivity contribution in [2.45, 2.75) is 30.5 Å². The van der Waals surface area contributed by atoms with Crippen LogP contribution in [0.25, 0.3) is 0 Å². The van der Waals surface area contributed by atoms with E-state index >= 15 is 0 Å². The van der Waals surface area contributed by atoms with E-state index in [1.165, 1.54) is 34.5 Å². The molecule has 1 saturated heterocycles. The Morgan fingerprint density at radius 3 is 2.43 bits per heavy atom. The van der Waals surface area contributed by atoms with Gasteiger partial charge in [0.15, 0.2) is 5.03 Å². The monoisotopic (exact) mass is 428 g/mol. The maximum Gasteiger partial charge on any atom is 0.262 e. The van der Waals surface area contributed by atoms with Gasteiger partial charge in [-0.15, -0.1) is 0 Å². The van der Waals surface area contributed by atoms with Crippen LogP contribution < -0.4 is 5.32 Å². The fourth-order valence-corrected chi connectivity index (χ4v) is 5.29. The van der Waals surface area contributed by atoms with E-state index in [0.29, 0.717) is 19.6 Å². The van der Waals surface area contributed by atoms with E-state index in [4.69, 9.17) is 0 Å². The number of aryl methyl sites for hydroxylation is 2. The average Bonchev–Trinajstić information content (AvgIpc) is 3.35. The van der Waals surface area contributed by atoms with Gasteiger partial charge in [0.05, 0.1) is 6.33 Å². The first kappa shape index (κ1) is 20.7. The van der Waals surface area contributed by atoms with E-state index in [1.807, 2.05) is 6.92 Å². The van der Waals surface area contributed by atoms with Crippen LogP contribution in [-0.2, 0) is 23.6 Å². The van der Waals surface area contributed by atoms with Gasteiger partial charge >= 0.3 is 0 Å². The lowest BCUT2D eigenvalue weighted by molar-refractivity contribution is 0.454. The molecule has 0 radical (unpaired) electrons. The second-order valence-corrected chi connectivity index (χ2v) is 9.72. The van der Waals surface area contributed by atoms with Crippen molar-refractivity contribution in [3.05, 3.63) is 83.6 Å². The van der Waals surface area contributed by atoms with Crippen molar-refractivity contribution in [3.63, 3.8) is 0 Å². The van der Waals surface area contributed by atoms with Crippen molar-refractivity contribution in [2.24, 2.45) is 7.05 Å². The van der Waals surface area contributed by atoms with E-state index in [0.717, 1.165) is 11.1 Å². The fraction of sp³-hybridized carbons (Fsp3) is 0.318. The first-order chi connectivity index (χ1) is 14.3. The zero-order valence-corrected chi connectivity index (χ0v) is 17.8. The van der Waals surface area contributed by atoms with E-state index in [9.17, 15) is 12.8 Å². The van der Waals surface area contributed by atoms with Crippen LogP contribution in [0, 0.1) is 12.7 Å². The summed E-state index contributed by atoms with van der Waals surface area (Å²) < 4.78 is 42.7. The molecule has 0 amide bonds. The van der Waals surface area contributed by atoms with Gasteiger partial charge in [0.2, 0.25) is 0 Å². The minimum atomic E-state index is -3.70. The Bertz CT molecular complexity index is 1110. The molecular formula is C22H25FN4O2S. The molecular weight excluding hydrogens is 403 g/mol. The molecule has 3 aromatic rings. The van der Waals surface area contributed by atoms with Crippen LogP contribution in [0.3, 0.4) is 0 Å². The van der Waals surface area contributed by atoms with Crippen molar-refractivity contribution >= 4 is 10.0 Å². The van der Waals surface area contributed by atoms with Crippen molar-refractivity contribution in [1.29, 1.82) is 0 Å². The van der Waals surface area contributed by atoms with E-state index in [1.54, 1.807) is 23.7 Å². The van der Waals surface area contributed by atoms with Gasteiger partial charge in [-0.25, -0.2) is 17.8 Å². The molecule has 4 rings (SSSR count). The summed E-state index contributed by atoms with van der Waals surface area (Å²) in [5.41, 5.74) is 3.23. The van der Waals surface area contributed by atoms with Crippen LogP contribution in [0.4, 0.5) is 4.39 Å². The second-order valence-electron chi connectivity index (χ2n) is 7.83. The summed E-state index contributed by atoms with van der Waals surface area (Å²) in [7, 11) is -1.96. The maximum atomic E-state index is 13.4. The van der Waals surface area contributed by atoms with E-state index in [-0.39, 0.29) is 22.8 Å². The zero-order chi connectivity index (χ0) is 21.3. The van der Waals surface area contributed by atoms with Gasteiger partial charge in [-0.2, -0.15) is 4.31 Å². The molecule has 1 aliphatic heterocycles. The third-order valence-electron chi connectivity index (χ3n) is 5.56. The van der Waals surface area contributed by atoms with Crippen LogP contribution in [0.5, 0.6) is 0 Å². The van der Waals surface area contributed by atoms with Gasteiger partial charge in [0.25, 0.3) is 10.0 Å². The summed E-state index contributed by atoms with van der Waals surface area (Å²) in [6, 6.07) is 14.4. The fourth-order valence-electron chi connectivity index (χ4n) is 3.83. The molecule has 8 heteroatoms. The molecule has 2 heterocycles. The topological polar surface area (TPSA) is 67.2 Å². The van der Waals surface area contributed by atoms with Crippen LogP contribution >= 0.6 is 0 Å². The minimum absolute atomic E-state index is 0.0436. The van der Waals surface area contributed by atoms with E-state index in [2.05, 4.69) is 34.6 Å². The Kier molecular flexibility index (Phi) is 5.73. The van der Waals surface area contributed by atoms with Crippen LogP contribution in [-0.4, -0.2) is 41.4 Å². The molecule has 30 heavy (non-hydrogen) atoms. The van der Waals surface area contributed by atoms with Gasteiger partial charge in [-0.1, -0.05) is 42.0 Å². The molecule has 0 spiro atoms. The highest BCUT2D eigenvalue weighted by Gasteiger charge is 2.40. The summed E-state index contributed by atoms with van der Waals surface area (Å²) in [6.07, 6.45) is 2.99. The lowest BCUT2D eigenvalue weighted by Gasteiger charge is -2.20. The number of hydrogen-bond acceptors (Lipinski definition) is 4. The van der Waals surface area contributed by atoms with Gasteiger partial charge in [0, 0.05) is 44.8 Å². The zero-order valence-electron chi connectivity index (χ0n) is 17.0. The standard InChI is InChI=1S/C22H25FN4O2S/c1-16-3-5-17(6-4-16)11-24-21-13-27(30(28,29)22-14-26(2)15-25-22)12-20(21)18-7-9-19(23)10-8-18/h3-10,14-15,20-21,24H,11-13H2,1-2H3/t20-,21+/m0/s1. The number of hydrogen-bond donors (Lipinski definition) is 1. The van der Waals surface area contributed by atoms with Gasteiger partial charge in [-0.3, -0.25) is 0 Å². The Balaban J connectivity index is 1.58. The normalized spacial score (nSPS) is 20.0. The molecule has 2 aromatic carbocycles. The Morgan fingerprint density at radius 2 is 1.80 bits per heavy atom. The molecule has 6 nitrogen and oxygen atoms in total. The molecule has 0 bridgehead atoms. The highest BCUT2D eigenvalue weighted by Crippen LogP contribution is 2.31. The highest BCUT2D eigenvalue weighted by molar-refractivity contribution is 7.89. The molecule has 1 aromatic heterocycles. The predicted molar refractivity (Wildman–Crippen MR) is 113 cm³/mol. The van der Waals surface area contributed by atoms with Crippen molar-refractivity contribution in [3.8, 4) is 0 Å². The number of imidazole rings is 1. The molecule has 158 valence electrons. The lowest BCUT2D eigenvalue weighted by atomic mass is 9.94. The second kappa shape index (κ2) is 8.29. The number of aromatic nitrogens is 2. The average molecular weight is 429 g/mol. The first-order valence-corrected chi connectivity index (χ1v) is 11.3. The summed E-state index contributed by atoms with van der Waals surface area (Å²) >= 11 is 0. The van der Waals surface area contributed by atoms with Crippen molar-refractivity contribution in [2.75, 3.05) is 13.1 Å². The van der Waals surface area contributed by atoms with Crippen LogP contribution in [0.1, 0.15) is 22.6 Å². The van der Waals surface area contributed by atoms with Crippen molar-refractivity contribution < 1.29 is 12.8 Å². The van der Waals surface area contributed by atoms with E-state index < -0.39 is 10.0 Å². The minimum Gasteiger partial charge on any atom is -0.339 e. The summed E-state index contributed by atoms with van der Waals surface area (Å²) in [5.74, 6) is -0.395. The summed E-state index contributed by atoms with van der Waals surface area (Å²) in [4.78, 5) is 4.03. The third kappa shape index (κ3) is 4.30.